The summed E-state index contributed by atoms with van der Waals surface area (Å²) in [7, 11) is 0. The molecule has 0 amide bonds. The minimum absolute atomic E-state index is 0.682. The minimum Gasteiger partial charge on any atom is -0.162 e. The average Bonchev–Trinajstić information content (AvgIpc) is 1.83. The van der Waals surface area contributed by atoms with E-state index in [1.165, 1.54) is 11.5 Å². The zero-order valence-corrected chi connectivity index (χ0v) is 7.06. The van der Waals surface area contributed by atoms with Crippen LogP contribution in [-0.4, -0.2) is 17.4 Å². The van der Waals surface area contributed by atoms with Gasteiger partial charge in [0.05, 0.1) is 0 Å². The number of halogens is 1. The summed E-state index contributed by atoms with van der Waals surface area (Å²) in [5, 5.41) is 0. The highest BCUT2D eigenvalue weighted by atomic mass is 35.5. The van der Waals surface area contributed by atoms with Gasteiger partial charge in [-0.15, -0.1) is 11.6 Å². The quantitative estimate of drug-likeness (QED) is 0.559. The highest BCUT2D eigenvalue weighted by Crippen LogP contribution is 2.08. The minimum atomic E-state index is 0.682. The molecule has 0 aliphatic rings. The van der Waals surface area contributed by atoms with Crippen molar-refractivity contribution in [3.63, 3.8) is 0 Å². The van der Waals surface area contributed by atoms with Crippen LogP contribution in [0.2, 0.25) is 0 Å². The molecule has 8 heavy (non-hydrogen) atoms. The van der Waals surface area contributed by atoms with Gasteiger partial charge >= 0.3 is 0 Å². The summed E-state index contributed by atoms with van der Waals surface area (Å²) in [6, 6.07) is 0. The van der Waals surface area contributed by atoms with Crippen molar-refractivity contribution >= 4 is 23.4 Å². The van der Waals surface area contributed by atoms with E-state index in [1.807, 2.05) is 11.8 Å². The van der Waals surface area contributed by atoms with Crippen LogP contribution in [-0.2, 0) is 0 Å². The molecule has 0 radical (unpaired) electrons. The van der Waals surface area contributed by atoms with Crippen LogP contribution in [0.1, 0.15) is 13.8 Å². The number of hydrogen-bond acceptors (Lipinski definition) is 1. The maximum Gasteiger partial charge on any atom is 0.0257 e. The molecule has 0 aromatic carbocycles. The topological polar surface area (TPSA) is 0 Å². The summed E-state index contributed by atoms with van der Waals surface area (Å²) >= 11 is 7.53. The zero-order valence-electron chi connectivity index (χ0n) is 5.48. The third kappa shape index (κ3) is 4.79. The van der Waals surface area contributed by atoms with Gasteiger partial charge in [-0.2, -0.15) is 11.8 Å². The van der Waals surface area contributed by atoms with E-state index in [1.54, 1.807) is 0 Å². The van der Waals surface area contributed by atoms with Crippen molar-refractivity contribution in [1.29, 1.82) is 0 Å². The van der Waals surface area contributed by atoms with Gasteiger partial charge in [0.25, 0.3) is 0 Å². The summed E-state index contributed by atoms with van der Waals surface area (Å²) in [6.07, 6.45) is 0. The Morgan fingerprint density at radius 2 is 2.25 bits per heavy atom. The lowest BCUT2D eigenvalue weighted by Gasteiger charge is -2.02. The number of rotatable bonds is 4. The van der Waals surface area contributed by atoms with Gasteiger partial charge in [0.15, 0.2) is 0 Å². The lowest BCUT2D eigenvalue weighted by molar-refractivity contribution is 0.759. The maximum absolute atomic E-state index is 5.57. The first-order chi connectivity index (χ1) is 3.81. The number of thioether (sulfide) groups is 1. The first kappa shape index (κ1) is 8.64. The number of alkyl halides is 1. The Morgan fingerprint density at radius 1 is 1.62 bits per heavy atom. The van der Waals surface area contributed by atoms with Crippen molar-refractivity contribution in [3.05, 3.63) is 0 Å². The van der Waals surface area contributed by atoms with Crippen molar-refractivity contribution in [2.24, 2.45) is 5.92 Å². The van der Waals surface area contributed by atoms with Crippen LogP contribution in [0.5, 0.6) is 0 Å². The summed E-state index contributed by atoms with van der Waals surface area (Å²) in [5.41, 5.74) is 0. The fourth-order valence-corrected chi connectivity index (χ4v) is 1.36. The molecule has 0 nitrogen and oxygen atoms in total. The van der Waals surface area contributed by atoms with Crippen molar-refractivity contribution in [2.75, 3.05) is 17.4 Å². The van der Waals surface area contributed by atoms with E-state index in [0.717, 1.165) is 5.88 Å². The highest BCUT2D eigenvalue weighted by Gasteiger charge is 1.96. The van der Waals surface area contributed by atoms with E-state index < -0.39 is 0 Å². The van der Waals surface area contributed by atoms with Gasteiger partial charge in [0.1, 0.15) is 0 Å². The van der Waals surface area contributed by atoms with Crippen LogP contribution in [0, 0.1) is 5.92 Å². The summed E-state index contributed by atoms with van der Waals surface area (Å²) < 4.78 is 0. The molecule has 0 fully saturated rings. The molecule has 1 unspecified atom stereocenters. The molecule has 50 valence electrons. The molecule has 1 atom stereocenters. The first-order valence-corrected chi connectivity index (χ1v) is 4.63. The lowest BCUT2D eigenvalue weighted by Crippen LogP contribution is -1.98. The van der Waals surface area contributed by atoms with Gasteiger partial charge in [-0.25, -0.2) is 0 Å². The molecule has 0 N–H and O–H groups in total. The van der Waals surface area contributed by atoms with Gasteiger partial charge in [-0.1, -0.05) is 13.8 Å². The maximum atomic E-state index is 5.57. The Kier molecular flexibility index (Phi) is 6.23. The predicted octanol–water partition coefficient (Wildman–Crippen LogP) is 2.61. The fraction of sp³-hybridized carbons (Fsp3) is 1.00. The zero-order chi connectivity index (χ0) is 6.41. The van der Waals surface area contributed by atoms with Crippen LogP contribution >= 0.6 is 23.4 Å². The molecule has 0 aliphatic heterocycles. The van der Waals surface area contributed by atoms with Gasteiger partial charge in [-0.3, -0.25) is 0 Å². The molecule has 2 heteroatoms. The standard InChI is InChI=1S/C6H13ClS/c1-3-8-5-6(2)4-7/h6H,3-5H2,1-2H3. The SMILES string of the molecule is CCSCC(C)CCl. The third-order valence-corrected chi connectivity index (χ3v) is 2.61. The predicted molar refractivity (Wildman–Crippen MR) is 42.9 cm³/mol. The highest BCUT2D eigenvalue weighted by molar-refractivity contribution is 7.99. The van der Waals surface area contributed by atoms with Crippen molar-refractivity contribution in [1.82, 2.24) is 0 Å². The number of hydrogen-bond donors (Lipinski definition) is 0. The average molecular weight is 153 g/mol. The van der Waals surface area contributed by atoms with E-state index in [4.69, 9.17) is 11.6 Å². The molecule has 0 bridgehead atoms. The second-order valence-corrected chi connectivity index (χ2v) is 3.55. The summed E-state index contributed by atoms with van der Waals surface area (Å²) in [6.45, 7) is 4.35. The largest absolute Gasteiger partial charge is 0.162 e. The van der Waals surface area contributed by atoms with Gasteiger partial charge in [-0.05, 0) is 17.4 Å². The van der Waals surface area contributed by atoms with Crippen LogP contribution < -0.4 is 0 Å². The van der Waals surface area contributed by atoms with Crippen molar-refractivity contribution < 1.29 is 0 Å². The summed E-state index contributed by atoms with van der Waals surface area (Å²) in [4.78, 5) is 0. The summed E-state index contributed by atoms with van der Waals surface area (Å²) in [5.74, 6) is 3.90. The Morgan fingerprint density at radius 3 is 2.62 bits per heavy atom. The van der Waals surface area contributed by atoms with Crippen LogP contribution in [0.3, 0.4) is 0 Å². The molecular weight excluding hydrogens is 140 g/mol. The Bertz CT molecular complexity index is 47.8. The Hall–Kier alpha value is 0.640. The first-order valence-electron chi connectivity index (χ1n) is 2.95. The van der Waals surface area contributed by atoms with Crippen LogP contribution in [0.4, 0.5) is 0 Å². The molecule has 0 heterocycles. The second kappa shape index (κ2) is 5.77. The van der Waals surface area contributed by atoms with Gasteiger partial charge < -0.3 is 0 Å². The molecule has 0 aliphatic carbocycles. The van der Waals surface area contributed by atoms with Gasteiger partial charge in [0.2, 0.25) is 0 Å². The van der Waals surface area contributed by atoms with Crippen molar-refractivity contribution in [3.8, 4) is 0 Å². The molecule has 0 saturated heterocycles. The monoisotopic (exact) mass is 152 g/mol. The van der Waals surface area contributed by atoms with E-state index in [-0.39, 0.29) is 0 Å². The lowest BCUT2D eigenvalue weighted by atomic mass is 10.3. The van der Waals surface area contributed by atoms with Crippen molar-refractivity contribution in [2.45, 2.75) is 13.8 Å². The van der Waals surface area contributed by atoms with E-state index in [0.29, 0.717) is 5.92 Å². The van der Waals surface area contributed by atoms with Crippen LogP contribution in [0.15, 0.2) is 0 Å². The van der Waals surface area contributed by atoms with Gasteiger partial charge in [0, 0.05) is 5.88 Å². The molecule has 0 spiro atoms. The third-order valence-electron chi connectivity index (χ3n) is 0.870. The van der Waals surface area contributed by atoms with E-state index in [2.05, 4.69) is 13.8 Å². The Balaban J connectivity index is 2.86. The second-order valence-electron chi connectivity index (χ2n) is 1.92. The molecule has 0 rings (SSSR count). The van der Waals surface area contributed by atoms with Crippen LogP contribution in [0.25, 0.3) is 0 Å². The molecule has 0 aromatic heterocycles. The molecule has 0 saturated carbocycles. The smallest absolute Gasteiger partial charge is 0.0257 e. The fourth-order valence-electron chi connectivity index (χ4n) is 0.364. The Labute approximate surface area is 61.0 Å². The van der Waals surface area contributed by atoms with E-state index in [9.17, 15) is 0 Å². The molecular formula is C6H13ClS. The normalized spacial score (nSPS) is 13.9. The molecule has 0 aromatic rings. The van der Waals surface area contributed by atoms with E-state index >= 15 is 0 Å².